The largest absolute Gasteiger partial charge is 0.495 e. The topological polar surface area (TPSA) is 59.4 Å². The summed E-state index contributed by atoms with van der Waals surface area (Å²) in [5, 5.41) is 9.42. The molecule has 1 atom stereocenters. The Balaban J connectivity index is 2.27. The van der Waals surface area contributed by atoms with Crippen LogP contribution in [0.5, 0.6) is 5.75 Å². The maximum Gasteiger partial charge on any atom is 0.312 e. The first-order chi connectivity index (χ1) is 9.61. The van der Waals surface area contributed by atoms with Gasteiger partial charge in [-0.05, 0) is 30.2 Å². The molecular weight excluding hydrogens is 322 g/mol. The summed E-state index contributed by atoms with van der Waals surface area (Å²) < 4.78 is 5.93. The number of hydrogen-bond acceptors (Lipinski definition) is 3. The standard InChI is InChI=1S/C15H14BrNO3/c1-20-11-6-7-14(17-9-11)12(15(18)19)8-10-4-2-3-5-13(10)16/h2-7,9,12H,8H2,1H3,(H,18,19). The first-order valence-corrected chi connectivity index (χ1v) is 6.87. The third kappa shape index (κ3) is 3.36. The van der Waals surface area contributed by atoms with Gasteiger partial charge in [0.25, 0.3) is 0 Å². The Labute approximate surface area is 125 Å². The highest BCUT2D eigenvalue weighted by Gasteiger charge is 2.22. The molecule has 1 aromatic carbocycles. The smallest absolute Gasteiger partial charge is 0.312 e. The monoisotopic (exact) mass is 335 g/mol. The number of pyridine rings is 1. The van der Waals surface area contributed by atoms with E-state index in [-0.39, 0.29) is 0 Å². The summed E-state index contributed by atoms with van der Waals surface area (Å²) in [6.07, 6.45) is 1.92. The molecule has 1 N–H and O–H groups in total. The number of methoxy groups -OCH3 is 1. The highest BCUT2D eigenvalue weighted by molar-refractivity contribution is 9.10. The number of carboxylic acids is 1. The number of ether oxygens (including phenoxy) is 1. The summed E-state index contributed by atoms with van der Waals surface area (Å²) in [7, 11) is 1.55. The van der Waals surface area contributed by atoms with Gasteiger partial charge in [0.05, 0.1) is 19.0 Å². The van der Waals surface area contributed by atoms with Gasteiger partial charge in [-0.15, -0.1) is 0 Å². The van der Waals surface area contributed by atoms with Gasteiger partial charge in [-0.3, -0.25) is 9.78 Å². The molecule has 0 amide bonds. The van der Waals surface area contributed by atoms with Crippen LogP contribution in [-0.4, -0.2) is 23.2 Å². The van der Waals surface area contributed by atoms with Gasteiger partial charge < -0.3 is 9.84 Å². The Morgan fingerprint density at radius 3 is 2.65 bits per heavy atom. The number of hydrogen-bond donors (Lipinski definition) is 1. The lowest BCUT2D eigenvalue weighted by atomic mass is 9.96. The van der Waals surface area contributed by atoms with E-state index in [2.05, 4.69) is 20.9 Å². The highest BCUT2D eigenvalue weighted by Crippen LogP contribution is 2.25. The molecule has 0 bridgehead atoms. The van der Waals surface area contributed by atoms with Crippen molar-refractivity contribution in [3.05, 3.63) is 58.3 Å². The molecule has 0 radical (unpaired) electrons. The summed E-state index contributed by atoms with van der Waals surface area (Å²) in [4.78, 5) is 15.7. The zero-order valence-corrected chi connectivity index (χ0v) is 12.5. The number of benzene rings is 1. The third-order valence-electron chi connectivity index (χ3n) is 3.03. The van der Waals surface area contributed by atoms with Crippen molar-refractivity contribution in [3.63, 3.8) is 0 Å². The number of carboxylic acid groups (broad SMARTS) is 1. The highest BCUT2D eigenvalue weighted by atomic mass is 79.9. The molecule has 1 heterocycles. The fraction of sp³-hybridized carbons (Fsp3) is 0.200. The van der Waals surface area contributed by atoms with Crippen molar-refractivity contribution in [2.24, 2.45) is 0 Å². The van der Waals surface area contributed by atoms with Crippen molar-refractivity contribution in [2.45, 2.75) is 12.3 Å². The van der Waals surface area contributed by atoms with Gasteiger partial charge in [0.15, 0.2) is 0 Å². The second-order valence-electron chi connectivity index (χ2n) is 4.31. The van der Waals surface area contributed by atoms with Gasteiger partial charge >= 0.3 is 5.97 Å². The van der Waals surface area contributed by atoms with Crippen LogP contribution in [0.3, 0.4) is 0 Å². The van der Waals surface area contributed by atoms with E-state index in [1.807, 2.05) is 24.3 Å². The van der Waals surface area contributed by atoms with Crippen molar-refractivity contribution in [1.29, 1.82) is 0 Å². The molecule has 2 aromatic rings. The van der Waals surface area contributed by atoms with E-state index in [1.165, 1.54) is 6.20 Å². The van der Waals surface area contributed by atoms with Crippen LogP contribution in [0.25, 0.3) is 0 Å². The Kier molecular flexibility index (Phi) is 4.74. The summed E-state index contributed by atoms with van der Waals surface area (Å²) in [6.45, 7) is 0. The van der Waals surface area contributed by atoms with Crippen LogP contribution in [-0.2, 0) is 11.2 Å². The van der Waals surface area contributed by atoms with Gasteiger partial charge in [0.2, 0.25) is 0 Å². The third-order valence-corrected chi connectivity index (χ3v) is 3.81. The van der Waals surface area contributed by atoms with E-state index < -0.39 is 11.9 Å². The normalized spacial score (nSPS) is 11.9. The minimum Gasteiger partial charge on any atom is -0.495 e. The van der Waals surface area contributed by atoms with Crippen LogP contribution < -0.4 is 4.74 Å². The number of nitrogens with zero attached hydrogens (tertiary/aromatic N) is 1. The van der Waals surface area contributed by atoms with Gasteiger partial charge in [-0.2, -0.15) is 0 Å². The summed E-state index contributed by atoms with van der Waals surface area (Å²) >= 11 is 3.44. The van der Waals surface area contributed by atoms with Crippen molar-refractivity contribution in [2.75, 3.05) is 7.11 Å². The van der Waals surface area contributed by atoms with Crippen molar-refractivity contribution < 1.29 is 14.6 Å². The minimum absolute atomic E-state index is 0.385. The van der Waals surface area contributed by atoms with Crippen LogP contribution in [0.4, 0.5) is 0 Å². The first-order valence-electron chi connectivity index (χ1n) is 6.08. The zero-order chi connectivity index (χ0) is 14.5. The van der Waals surface area contributed by atoms with Crippen LogP contribution in [0.2, 0.25) is 0 Å². The van der Waals surface area contributed by atoms with E-state index in [0.29, 0.717) is 17.9 Å². The minimum atomic E-state index is -0.890. The maximum atomic E-state index is 11.5. The summed E-state index contributed by atoms with van der Waals surface area (Å²) in [6, 6.07) is 11.0. The SMILES string of the molecule is COc1ccc(C(Cc2ccccc2Br)C(=O)O)nc1. The number of carbonyl (C=O) groups is 1. The average molecular weight is 336 g/mol. The van der Waals surface area contributed by atoms with E-state index in [4.69, 9.17) is 4.74 Å². The van der Waals surface area contributed by atoms with Gasteiger partial charge in [0, 0.05) is 4.47 Å². The van der Waals surface area contributed by atoms with Crippen molar-refractivity contribution >= 4 is 21.9 Å². The molecule has 0 aliphatic heterocycles. The number of aromatic nitrogens is 1. The fourth-order valence-corrected chi connectivity index (χ4v) is 2.37. The molecular formula is C15H14BrNO3. The van der Waals surface area contributed by atoms with E-state index in [9.17, 15) is 9.90 Å². The lowest BCUT2D eigenvalue weighted by Gasteiger charge is -2.13. The zero-order valence-electron chi connectivity index (χ0n) is 10.9. The molecule has 1 unspecified atom stereocenters. The molecule has 0 spiro atoms. The molecule has 0 aliphatic carbocycles. The van der Waals surface area contributed by atoms with Gasteiger partial charge in [0.1, 0.15) is 11.7 Å². The van der Waals surface area contributed by atoms with Crippen LogP contribution in [0.15, 0.2) is 47.1 Å². The molecule has 2 rings (SSSR count). The second-order valence-corrected chi connectivity index (χ2v) is 5.16. The molecule has 1 aromatic heterocycles. The van der Waals surface area contributed by atoms with Crippen molar-refractivity contribution in [1.82, 2.24) is 4.98 Å². The summed E-state index contributed by atoms with van der Waals surface area (Å²) in [5.74, 6) is -0.961. The Morgan fingerprint density at radius 2 is 2.10 bits per heavy atom. The molecule has 0 saturated carbocycles. The Hall–Kier alpha value is -1.88. The summed E-state index contributed by atoms with van der Waals surface area (Å²) in [5.41, 5.74) is 1.46. The Morgan fingerprint density at radius 1 is 1.35 bits per heavy atom. The Bertz CT molecular complexity index is 598. The lowest BCUT2D eigenvalue weighted by molar-refractivity contribution is -0.138. The predicted molar refractivity (Wildman–Crippen MR) is 79.0 cm³/mol. The molecule has 0 fully saturated rings. The molecule has 20 heavy (non-hydrogen) atoms. The van der Waals surface area contributed by atoms with Crippen LogP contribution in [0, 0.1) is 0 Å². The van der Waals surface area contributed by atoms with E-state index in [0.717, 1.165) is 10.0 Å². The molecule has 0 aliphatic rings. The lowest BCUT2D eigenvalue weighted by Crippen LogP contribution is -2.16. The first kappa shape index (κ1) is 14.5. The average Bonchev–Trinajstić information content (AvgIpc) is 2.46. The fourth-order valence-electron chi connectivity index (χ4n) is 1.92. The second kappa shape index (κ2) is 6.52. The van der Waals surface area contributed by atoms with Gasteiger partial charge in [-0.25, -0.2) is 0 Å². The van der Waals surface area contributed by atoms with E-state index in [1.54, 1.807) is 19.2 Å². The molecule has 5 heteroatoms. The molecule has 4 nitrogen and oxygen atoms in total. The maximum absolute atomic E-state index is 11.5. The van der Waals surface area contributed by atoms with Crippen LogP contribution in [0.1, 0.15) is 17.2 Å². The van der Waals surface area contributed by atoms with Crippen molar-refractivity contribution in [3.8, 4) is 5.75 Å². The van der Waals surface area contributed by atoms with Gasteiger partial charge in [-0.1, -0.05) is 34.1 Å². The number of halogens is 1. The number of aliphatic carboxylic acids is 1. The number of rotatable bonds is 5. The predicted octanol–water partition coefficient (Wildman–Crippen LogP) is 3.26. The quantitative estimate of drug-likeness (QED) is 0.910. The molecule has 0 saturated heterocycles. The van der Waals surface area contributed by atoms with E-state index >= 15 is 0 Å². The van der Waals surface area contributed by atoms with Crippen LogP contribution >= 0.6 is 15.9 Å². The molecule has 104 valence electrons.